The number of sulfone groups is 1. The number of hydrogen-bond acceptors (Lipinski definition) is 5. The van der Waals surface area contributed by atoms with Crippen LogP contribution >= 0.6 is 0 Å². The van der Waals surface area contributed by atoms with Gasteiger partial charge in [-0.1, -0.05) is 6.92 Å². The van der Waals surface area contributed by atoms with Gasteiger partial charge in [0, 0.05) is 12.3 Å². The molecule has 0 spiro atoms. The van der Waals surface area contributed by atoms with Crippen LogP contribution in [0.4, 0.5) is 5.82 Å². The maximum Gasteiger partial charge on any atom is 0.325 e. The molecule has 0 aliphatic heterocycles. The SMILES string of the molecule is CCCS(=O)(=O)CC(=O)Nc1ccn(CC(=O)O)n1. The quantitative estimate of drug-likeness (QED) is 0.713. The summed E-state index contributed by atoms with van der Waals surface area (Å²) in [5, 5.41) is 14.6. The largest absolute Gasteiger partial charge is 0.480 e. The Balaban J connectivity index is 2.58. The van der Waals surface area contributed by atoms with E-state index in [1.807, 2.05) is 0 Å². The lowest BCUT2D eigenvalue weighted by Gasteiger charge is -2.03. The van der Waals surface area contributed by atoms with E-state index in [1.54, 1.807) is 6.92 Å². The Morgan fingerprint density at radius 1 is 1.47 bits per heavy atom. The fourth-order valence-electron chi connectivity index (χ4n) is 1.42. The molecule has 106 valence electrons. The Morgan fingerprint density at radius 3 is 2.74 bits per heavy atom. The van der Waals surface area contributed by atoms with Crippen molar-refractivity contribution in [2.45, 2.75) is 19.9 Å². The summed E-state index contributed by atoms with van der Waals surface area (Å²) in [6.07, 6.45) is 1.83. The summed E-state index contributed by atoms with van der Waals surface area (Å²) < 4.78 is 24.0. The van der Waals surface area contributed by atoms with Crippen molar-refractivity contribution in [2.75, 3.05) is 16.8 Å². The van der Waals surface area contributed by atoms with Crippen LogP contribution in [0.1, 0.15) is 13.3 Å². The van der Waals surface area contributed by atoms with Crippen molar-refractivity contribution >= 4 is 27.5 Å². The number of aliphatic carboxylic acids is 1. The summed E-state index contributed by atoms with van der Waals surface area (Å²) in [6, 6.07) is 1.40. The number of rotatable bonds is 7. The molecular formula is C10H15N3O5S. The molecule has 0 radical (unpaired) electrons. The molecule has 0 fully saturated rings. The molecule has 0 bridgehead atoms. The first kappa shape index (κ1) is 15.2. The summed E-state index contributed by atoms with van der Waals surface area (Å²) in [5.74, 6) is -2.28. The third-order valence-corrected chi connectivity index (χ3v) is 3.80. The molecule has 1 heterocycles. The van der Waals surface area contributed by atoms with Gasteiger partial charge in [-0.25, -0.2) is 8.42 Å². The molecule has 19 heavy (non-hydrogen) atoms. The monoisotopic (exact) mass is 289 g/mol. The van der Waals surface area contributed by atoms with Gasteiger partial charge in [0.1, 0.15) is 12.3 Å². The van der Waals surface area contributed by atoms with Crippen LogP contribution in [0.25, 0.3) is 0 Å². The number of carboxylic acids is 1. The van der Waals surface area contributed by atoms with Crippen molar-refractivity contribution in [3.8, 4) is 0 Å². The van der Waals surface area contributed by atoms with E-state index in [2.05, 4.69) is 10.4 Å². The third kappa shape index (κ3) is 5.51. The van der Waals surface area contributed by atoms with E-state index in [9.17, 15) is 18.0 Å². The first-order chi connectivity index (χ1) is 8.82. The van der Waals surface area contributed by atoms with Gasteiger partial charge in [-0.15, -0.1) is 0 Å². The Kier molecular flexibility index (Phi) is 5.04. The molecule has 0 saturated carbocycles. The maximum absolute atomic E-state index is 11.5. The predicted molar refractivity (Wildman–Crippen MR) is 67.4 cm³/mol. The summed E-state index contributed by atoms with van der Waals surface area (Å²) in [7, 11) is -3.40. The van der Waals surface area contributed by atoms with E-state index < -0.39 is 27.5 Å². The molecule has 0 aromatic carbocycles. The van der Waals surface area contributed by atoms with E-state index in [1.165, 1.54) is 12.3 Å². The summed E-state index contributed by atoms with van der Waals surface area (Å²) in [5.41, 5.74) is 0. The highest BCUT2D eigenvalue weighted by atomic mass is 32.2. The molecule has 1 amide bonds. The average Bonchev–Trinajstić information content (AvgIpc) is 2.62. The minimum absolute atomic E-state index is 0.0477. The van der Waals surface area contributed by atoms with E-state index >= 15 is 0 Å². The lowest BCUT2D eigenvalue weighted by atomic mass is 10.6. The van der Waals surface area contributed by atoms with E-state index in [4.69, 9.17) is 5.11 Å². The highest BCUT2D eigenvalue weighted by molar-refractivity contribution is 7.92. The molecule has 0 aliphatic carbocycles. The van der Waals surface area contributed by atoms with E-state index in [-0.39, 0.29) is 18.1 Å². The second kappa shape index (κ2) is 6.32. The van der Waals surface area contributed by atoms with Crippen LogP contribution in [-0.2, 0) is 26.0 Å². The van der Waals surface area contributed by atoms with Gasteiger partial charge < -0.3 is 10.4 Å². The Hall–Kier alpha value is -1.90. The molecule has 0 saturated heterocycles. The molecule has 1 aromatic rings. The topological polar surface area (TPSA) is 118 Å². The van der Waals surface area contributed by atoms with Crippen LogP contribution < -0.4 is 5.32 Å². The molecule has 9 heteroatoms. The van der Waals surface area contributed by atoms with Gasteiger partial charge in [0.25, 0.3) is 0 Å². The first-order valence-corrected chi connectivity index (χ1v) is 7.40. The minimum Gasteiger partial charge on any atom is -0.480 e. The second-order valence-corrected chi connectivity index (χ2v) is 6.12. The van der Waals surface area contributed by atoms with Crippen molar-refractivity contribution in [1.29, 1.82) is 0 Å². The molecule has 0 unspecified atom stereocenters. The lowest BCUT2D eigenvalue weighted by Crippen LogP contribution is -2.24. The van der Waals surface area contributed by atoms with Gasteiger partial charge in [0.05, 0.1) is 5.75 Å². The van der Waals surface area contributed by atoms with Gasteiger partial charge in [-0.3, -0.25) is 14.3 Å². The highest BCUT2D eigenvalue weighted by Gasteiger charge is 2.16. The molecule has 1 rings (SSSR count). The van der Waals surface area contributed by atoms with E-state index in [0.29, 0.717) is 6.42 Å². The molecule has 2 N–H and O–H groups in total. The molecule has 0 aliphatic rings. The number of aromatic nitrogens is 2. The van der Waals surface area contributed by atoms with Crippen LogP contribution in [0.15, 0.2) is 12.3 Å². The van der Waals surface area contributed by atoms with Crippen LogP contribution in [0.2, 0.25) is 0 Å². The molecular weight excluding hydrogens is 274 g/mol. The average molecular weight is 289 g/mol. The van der Waals surface area contributed by atoms with Crippen LogP contribution in [0.5, 0.6) is 0 Å². The number of anilines is 1. The van der Waals surface area contributed by atoms with Crippen LogP contribution in [0, 0.1) is 0 Å². The van der Waals surface area contributed by atoms with Crippen molar-refractivity contribution in [1.82, 2.24) is 9.78 Å². The molecule has 1 aromatic heterocycles. The summed E-state index contributed by atoms with van der Waals surface area (Å²) >= 11 is 0. The number of carbonyl (C=O) groups is 2. The van der Waals surface area contributed by atoms with Gasteiger partial charge in [-0.2, -0.15) is 5.10 Å². The number of amides is 1. The van der Waals surface area contributed by atoms with Crippen LogP contribution in [-0.4, -0.2) is 46.7 Å². The molecule has 0 atom stereocenters. The normalized spacial score (nSPS) is 11.2. The Morgan fingerprint density at radius 2 is 2.16 bits per heavy atom. The van der Waals surface area contributed by atoms with Crippen molar-refractivity contribution < 1.29 is 23.1 Å². The van der Waals surface area contributed by atoms with Gasteiger partial charge >= 0.3 is 5.97 Å². The zero-order valence-electron chi connectivity index (χ0n) is 10.4. The minimum atomic E-state index is -3.40. The lowest BCUT2D eigenvalue weighted by molar-refractivity contribution is -0.137. The molecule has 8 nitrogen and oxygen atoms in total. The maximum atomic E-state index is 11.5. The fraction of sp³-hybridized carbons (Fsp3) is 0.500. The second-order valence-electron chi connectivity index (χ2n) is 3.93. The van der Waals surface area contributed by atoms with Gasteiger partial charge in [0.15, 0.2) is 15.7 Å². The smallest absolute Gasteiger partial charge is 0.325 e. The van der Waals surface area contributed by atoms with Crippen molar-refractivity contribution in [2.24, 2.45) is 0 Å². The number of carbonyl (C=O) groups excluding carboxylic acids is 1. The summed E-state index contributed by atoms with van der Waals surface area (Å²) in [6.45, 7) is 1.38. The summed E-state index contributed by atoms with van der Waals surface area (Å²) in [4.78, 5) is 21.9. The number of carboxylic acid groups (broad SMARTS) is 1. The number of nitrogens with zero attached hydrogens (tertiary/aromatic N) is 2. The predicted octanol–water partition coefficient (Wildman–Crippen LogP) is -0.269. The first-order valence-electron chi connectivity index (χ1n) is 5.58. The van der Waals surface area contributed by atoms with Crippen molar-refractivity contribution in [3.63, 3.8) is 0 Å². The van der Waals surface area contributed by atoms with Gasteiger partial charge in [-0.05, 0) is 6.42 Å². The third-order valence-electron chi connectivity index (χ3n) is 2.07. The number of hydrogen-bond donors (Lipinski definition) is 2. The zero-order chi connectivity index (χ0) is 14.5. The van der Waals surface area contributed by atoms with E-state index in [0.717, 1.165) is 4.68 Å². The van der Waals surface area contributed by atoms with Gasteiger partial charge in [0.2, 0.25) is 5.91 Å². The Labute approximate surface area is 110 Å². The highest BCUT2D eigenvalue weighted by Crippen LogP contribution is 2.03. The van der Waals surface area contributed by atoms with Crippen LogP contribution in [0.3, 0.4) is 0 Å². The fourth-order valence-corrected chi connectivity index (χ4v) is 2.65. The Bertz CT molecular complexity index is 563. The zero-order valence-corrected chi connectivity index (χ0v) is 11.2. The standard InChI is InChI=1S/C10H15N3O5S/c1-2-5-19(17,18)7-9(14)11-8-3-4-13(12-8)6-10(15)16/h3-4H,2,5-7H2,1H3,(H,15,16)(H,11,12,14). The van der Waals surface area contributed by atoms with Crippen molar-refractivity contribution in [3.05, 3.63) is 12.3 Å². The number of nitrogens with one attached hydrogen (secondary N) is 1.